The van der Waals surface area contributed by atoms with Crippen LogP contribution in [0.25, 0.3) is 29.6 Å². The molecule has 2 heterocycles. The number of thiophene rings is 2. The smallest absolute Gasteiger partial charge is 0.0542 e. The van der Waals surface area contributed by atoms with Crippen LogP contribution in [-0.2, 0) is 0 Å². The van der Waals surface area contributed by atoms with Crippen molar-refractivity contribution in [3.05, 3.63) is 47.5 Å². The first kappa shape index (κ1) is 12.4. The maximum atomic E-state index is 2.37. The number of fused-ring (bicyclic) bond motifs is 5. The topological polar surface area (TPSA) is 0 Å². The van der Waals surface area contributed by atoms with Gasteiger partial charge >= 0.3 is 0 Å². The van der Waals surface area contributed by atoms with Crippen molar-refractivity contribution in [2.75, 3.05) is 0 Å². The van der Waals surface area contributed by atoms with E-state index >= 15 is 0 Å². The molecular weight excluding hydrogens is 280 g/mol. The summed E-state index contributed by atoms with van der Waals surface area (Å²) < 4.78 is 5.77. The van der Waals surface area contributed by atoms with E-state index in [4.69, 9.17) is 0 Å². The van der Waals surface area contributed by atoms with Gasteiger partial charge in [0.25, 0.3) is 0 Å². The van der Waals surface area contributed by atoms with E-state index in [-0.39, 0.29) is 0 Å². The number of hydrogen-bond donors (Lipinski definition) is 0. The van der Waals surface area contributed by atoms with E-state index in [2.05, 4.69) is 57.2 Å². The third-order valence-electron chi connectivity index (χ3n) is 3.93. The molecule has 0 nitrogen and oxygen atoms in total. The fourth-order valence-corrected chi connectivity index (χ4v) is 5.54. The van der Waals surface area contributed by atoms with Crippen molar-refractivity contribution >= 4 is 52.2 Å². The van der Waals surface area contributed by atoms with E-state index in [1.165, 1.54) is 40.7 Å². The molecule has 0 saturated heterocycles. The third-order valence-corrected chi connectivity index (χ3v) is 6.43. The second-order valence-electron chi connectivity index (χ2n) is 5.77. The van der Waals surface area contributed by atoms with Crippen molar-refractivity contribution in [1.29, 1.82) is 0 Å². The van der Waals surface area contributed by atoms with Gasteiger partial charge < -0.3 is 0 Å². The van der Waals surface area contributed by atoms with E-state index in [0.29, 0.717) is 5.92 Å². The van der Waals surface area contributed by atoms with Crippen molar-refractivity contribution in [1.82, 2.24) is 0 Å². The molecule has 0 amide bonds. The van der Waals surface area contributed by atoms with Gasteiger partial charge in [-0.2, -0.15) is 0 Å². The van der Waals surface area contributed by atoms with Crippen molar-refractivity contribution in [3.8, 4) is 0 Å². The quantitative estimate of drug-likeness (QED) is 0.366. The molecule has 4 aromatic rings. The molecule has 100 valence electrons. The Morgan fingerprint density at radius 3 is 2.05 bits per heavy atom. The lowest BCUT2D eigenvalue weighted by molar-refractivity contribution is 0.869. The normalized spacial score (nSPS) is 12.2. The van der Waals surface area contributed by atoms with Gasteiger partial charge in [-0.05, 0) is 36.1 Å². The van der Waals surface area contributed by atoms with Crippen LogP contribution in [0.5, 0.6) is 0 Å². The molecule has 2 aromatic heterocycles. The first-order valence-electron chi connectivity index (χ1n) is 6.99. The molecule has 0 radical (unpaired) electrons. The lowest BCUT2D eigenvalue weighted by atomic mass is 10.0. The van der Waals surface area contributed by atoms with E-state index in [0.717, 1.165) is 0 Å². The monoisotopic (exact) mass is 296 g/mol. The molecule has 0 unspecified atom stereocenters. The van der Waals surface area contributed by atoms with Crippen LogP contribution in [0, 0.1) is 6.92 Å². The highest BCUT2D eigenvalue weighted by molar-refractivity contribution is 7.36. The molecule has 0 aliphatic heterocycles. The van der Waals surface area contributed by atoms with Crippen molar-refractivity contribution in [2.45, 2.75) is 26.7 Å². The highest BCUT2D eigenvalue weighted by atomic mass is 32.1. The van der Waals surface area contributed by atoms with E-state index in [9.17, 15) is 0 Å². The van der Waals surface area contributed by atoms with Crippen LogP contribution >= 0.6 is 22.7 Å². The Bertz CT molecular complexity index is 938. The number of benzene rings is 2. The van der Waals surface area contributed by atoms with Crippen LogP contribution < -0.4 is 0 Å². The summed E-state index contributed by atoms with van der Waals surface area (Å²) in [7, 11) is 0. The maximum absolute atomic E-state index is 2.37. The predicted molar refractivity (Wildman–Crippen MR) is 93.5 cm³/mol. The van der Waals surface area contributed by atoms with Gasteiger partial charge in [-0.3, -0.25) is 0 Å². The van der Waals surface area contributed by atoms with Crippen LogP contribution in [0.2, 0.25) is 0 Å². The average Bonchev–Trinajstić information content (AvgIpc) is 2.92. The third kappa shape index (κ3) is 1.72. The summed E-state index contributed by atoms with van der Waals surface area (Å²) in [5.41, 5.74) is 2.78. The Balaban J connectivity index is 2.10. The summed E-state index contributed by atoms with van der Waals surface area (Å²) in [6.45, 7) is 6.69. The molecule has 0 atom stereocenters. The van der Waals surface area contributed by atoms with Gasteiger partial charge in [-0.15, -0.1) is 22.7 Å². The highest BCUT2D eigenvalue weighted by Gasteiger charge is 2.12. The van der Waals surface area contributed by atoms with E-state index in [1.54, 1.807) is 0 Å². The first-order chi connectivity index (χ1) is 9.63. The summed E-state index contributed by atoms with van der Waals surface area (Å²) in [5, 5.41) is 2.84. The molecule has 0 N–H and O–H groups in total. The van der Waals surface area contributed by atoms with Crippen LogP contribution in [0.4, 0.5) is 0 Å². The molecule has 2 heteroatoms. The van der Waals surface area contributed by atoms with Crippen LogP contribution in [0.1, 0.15) is 30.9 Å². The largest absolute Gasteiger partial charge is 0.134 e. The molecule has 0 aliphatic rings. The molecule has 2 aromatic carbocycles. The number of hydrogen-bond acceptors (Lipinski definition) is 2. The average molecular weight is 296 g/mol. The zero-order chi connectivity index (χ0) is 13.9. The fourth-order valence-electron chi connectivity index (χ4n) is 2.74. The molecule has 20 heavy (non-hydrogen) atoms. The Labute approximate surface area is 126 Å². The van der Waals surface area contributed by atoms with Gasteiger partial charge in [-0.1, -0.05) is 38.1 Å². The summed E-state index contributed by atoms with van der Waals surface area (Å²) in [4.78, 5) is 0. The van der Waals surface area contributed by atoms with Crippen molar-refractivity contribution < 1.29 is 0 Å². The molecule has 0 spiro atoms. The minimum Gasteiger partial charge on any atom is -0.134 e. The molecule has 0 aliphatic carbocycles. The zero-order valence-electron chi connectivity index (χ0n) is 11.9. The van der Waals surface area contributed by atoms with Gasteiger partial charge in [0.2, 0.25) is 0 Å². The Morgan fingerprint density at radius 2 is 1.40 bits per heavy atom. The fraction of sp³-hybridized carbons (Fsp3) is 0.222. The maximum Gasteiger partial charge on any atom is 0.0542 e. The second kappa shape index (κ2) is 4.31. The van der Waals surface area contributed by atoms with E-state index in [1.807, 2.05) is 22.7 Å². The number of rotatable bonds is 1. The SMILES string of the molecule is Cc1ccc2c(c1)sc1c3ccc(C(C)C)cc3sc21. The van der Waals surface area contributed by atoms with Crippen LogP contribution in [0.3, 0.4) is 0 Å². The minimum absolute atomic E-state index is 0.596. The van der Waals surface area contributed by atoms with Crippen LogP contribution in [0.15, 0.2) is 36.4 Å². The van der Waals surface area contributed by atoms with E-state index < -0.39 is 0 Å². The minimum atomic E-state index is 0.596. The summed E-state index contributed by atoms with van der Waals surface area (Å²) in [5.74, 6) is 0.596. The zero-order valence-corrected chi connectivity index (χ0v) is 13.5. The first-order valence-corrected chi connectivity index (χ1v) is 8.62. The second-order valence-corrected chi connectivity index (χ2v) is 7.88. The molecule has 0 bridgehead atoms. The van der Waals surface area contributed by atoms with Gasteiger partial charge in [0, 0.05) is 20.2 Å². The predicted octanol–water partition coefficient (Wildman–Crippen LogP) is 6.70. The van der Waals surface area contributed by atoms with Gasteiger partial charge in [0.05, 0.1) is 9.40 Å². The van der Waals surface area contributed by atoms with Gasteiger partial charge in [-0.25, -0.2) is 0 Å². The molecular formula is C18H16S2. The summed E-state index contributed by atoms with van der Waals surface area (Å²) in [6, 6.07) is 13.8. The molecule has 0 fully saturated rings. The van der Waals surface area contributed by atoms with Crippen molar-refractivity contribution in [3.63, 3.8) is 0 Å². The highest BCUT2D eigenvalue weighted by Crippen LogP contribution is 2.44. The Kier molecular flexibility index (Phi) is 2.66. The van der Waals surface area contributed by atoms with Crippen molar-refractivity contribution in [2.24, 2.45) is 0 Å². The number of aryl methyl sites for hydroxylation is 1. The standard InChI is InChI=1S/C18H16S2/c1-10(2)12-5-7-14-16(9-12)20-17-13-6-4-11(3)8-15(13)19-18(14)17/h4-10H,1-3H3. The lowest BCUT2D eigenvalue weighted by Crippen LogP contribution is -1.84. The van der Waals surface area contributed by atoms with Crippen LogP contribution in [-0.4, -0.2) is 0 Å². The molecule has 4 rings (SSSR count). The summed E-state index contributed by atoms with van der Waals surface area (Å²) >= 11 is 3.88. The van der Waals surface area contributed by atoms with Gasteiger partial charge in [0.1, 0.15) is 0 Å². The Morgan fingerprint density at radius 1 is 0.800 bits per heavy atom. The lowest BCUT2D eigenvalue weighted by Gasteiger charge is -2.04. The molecule has 0 saturated carbocycles. The summed E-state index contributed by atoms with van der Waals surface area (Å²) in [6.07, 6.45) is 0. The Hall–Kier alpha value is -1.38. The van der Waals surface area contributed by atoms with Gasteiger partial charge in [0.15, 0.2) is 0 Å².